The summed E-state index contributed by atoms with van der Waals surface area (Å²) in [4.78, 5) is 24.6. The third-order valence-electron chi connectivity index (χ3n) is 2.65. The molecule has 130 valence electrons. The smallest absolute Gasteiger partial charge is 0.349 e. The van der Waals surface area contributed by atoms with Gasteiger partial charge >= 0.3 is 11.9 Å². The Morgan fingerprint density at radius 3 is 1.32 bits per heavy atom. The van der Waals surface area contributed by atoms with Crippen molar-refractivity contribution in [3.63, 3.8) is 0 Å². The van der Waals surface area contributed by atoms with Gasteiger partial charge in [0.25, 0.3) is 0 Å². The lowest BCUT2D eigenvalue weighted by Gasteiger charge is -2.40. The van der Waals surface area contributed by atoms with E-state index < -0.39 is 26.6 Å². The molecular weight excluding hydrogens is 323 g/mol. The van der Waals surface area contributed by atoms with Crippen LogP contribution >= 0.6 is 6.89 Å². The van der Waals surface area contributed by atoms with Gasteiger partial charge in [0, 0.05) is 0 Å². The largest absolute Gasteiger partial charge is 0.465 e. The molecule has 8 heteroatoms. The van der Waals surface area contributed by atoms with Crippen molar-refractivity contribution in [3.05, 3.63) is 0 Å². The zero-order chi connectivity index (χ0) is 17.7. The number of methoxy groups -OCH3 is 2. The van der Waals surface area contributed by atoms with Crippen molar-refractivity contribution >= 4 is 31.9 Å². The fraction of sp³-hybridized carbons (Fsp3) is 0.786. The average molecular weight is 352 g/mol. The maximum absolute atomic E-state index is 12.3. The van der Waals surface area contributed by atoms with Crippen LogP contribution in [0.3, 0.4) is 0 Å². The number of hydrogen-bond acceptors (Lipinski definition) is 6. The second kappa shape index (κ2) is 8.29. The third kappa shape index (κ3) is 4.95. The highest BCUT2D eigenvalue weighted by Crippen LogP contribution is 2.61. The van der Waals surface area contributed by atoms with E-state index in [1.165, 1.54) is 14.2 Å². The Hall–Kier alpha value is -0.623. The number of rotatable bonds is 7. The van der Waals surface area contributed by atoms with Crippen LogP contribution in [-0.4, -0.2) is 51.4 Å². The Kier molecular flexibility index (Phi) is 8.06. The summed E-state index contributed by atoms with van der Waals surface area (Å²) >= 11 is 0. The van der Waals surface area contributed by atoms with Crippen LogP contribution in [0, 0.1) is 0 Å². The molecule has 0 aliphatic heterocycles. The van der Waals surface area contributed by atoms with E-state index in [2.05, 4.69) is 0 Å². The van der Waals surface area contributed by atoms with Crippen molar-refractivity contribution in [1.82, 2.24) is 0 Å². The van der Waals surface area contributed by atoms with Gasteiger partial charge in [0.15, 0.2) is 5.29 Å². The Morgan fingerprint density at radius 1 is 0.818 bits per heavy atom. The van der Waals surface area contributed by atoms with Gasteiger partial charge in [-0.15, -0.1) is 0 Å². The fourth-order valence-electron chi connectivity index (χ4n) is 1.89. The lowest BCUT2D eigenvalue weighted by molar-refractivity contribution is -0.137. The Bertz CT molecular complexity index is 432. The van der Waals surface area contributed by atoms with Gasteiger partial charge in [0.05, 0.1) is 26.4 Å². The first-order chi connectivity index (χ1) is 9.92. The SMILES string of the molecule is COC(=O)C(C(=O)OC)=P(OC(C)C)(OC(C)C)[Si](C)(C)C. The molecule has 0 aromatic heterocycles. The lowest BCUT2D eigenvalue weighted by atomic mass is 10.4. The molecule has 6 nitrogen and oxygen atoms in total. The molecule has 0 spiro atoms. The van der Waals surface area contributed by atoms with Gasteiger partial charge in [-0.3, -0.25) is 0 Å². The maximum Gasteiger partial charge on any atom is 0.349 e. The number of ether oxygens (including phenoxy) is 2. The molecule has 0 saturated heterocycles. The summed E-state index contributed by atoms with van der Waals surface area (Å²) in [5, 5.41) is -0.126. The lowest BCUT2D eigenvalue weighted by Crippen LogP contribution is -2.38. The maximum atomic E-state index is 12.3. The molecule has 0 atom stereocenters. The zero-order valence-electron chi connectivity index (χ0n) is 15.1. The highest BCUT2D eigenvalue weighted by atomic mass is 31.4. The molecule has 0 aliphatic rings. The van der Waals surface area contributed by atoms with E-state index in [1.54, 1.807) is 0 Å². The molecule has 0 radical (unpaired) electrons. The van der Waals surface area contributed by atoms with Gasteiger partial charge < -0.3 is 18.5 Å². The molecule has 0 aromatic carbocycles. The van der Waals surface area contributed by atoms with Crippen LogP contribution in [0.15, 0.2) is 0 Å². The topological polar surface area (TPSA) is 71.1 Å². The summed E-state index contributed by atoms with van der Waals surface area (Å²) in [6.45, 7) is 10.5. The first-order valence-corrected chi connectivity index (χ1v) is 13.2. The average Bonchev–Trinajstić information content (AvgIpc) is 2.35. The van der Waals surface area contributed by atoms with Crippen LogP contribution in [0.1, 0.15) is 27.7 Å². The Balaban J connectivity index is 6.79. The minimum atomic E-state index is -2.94. The molecule has 0 rings (SSSR count). The van der Waals surface area contributed by atoms with Crippen LogP contribution in [0.5, 0.6) is 0 Å². The normalized spacial score (nSPS) is 12.5. The number of carbonyl (C=O) groups excluding carboxylic acids is 2. The van der Waals surface area contributed by atoms with E-state index in [9.17, 15) is 9.59 Å². The number of hydrogen-bond donors (Lipinski definition) is 0. The molecule has 0 N–H and O–H groups in total. The standard InChI is InChI=1S/C14H29O6PSi/c1-10(2)19-21(20-11(3)4,22(7,8)9)12(13(15)17-5)14(16)18-6/h10-11H,1-9H3. The summed E-state index contributed by atoms with van der Waals surface area (Å²) in [6, 6.07) is 0. The second-order valence-electron chi connectivity index (χ2n) is 6.36. The van der Waals surface area contributed by atoms with Crippen LogP contribution in [-0.2, 0) is 28.1 Å². The van der Waals surface area contributed by atoms with Crippen molar-refractivity contribution in [2.45, 2.75) is 59.5 Å². The van der Waals surface area contributed by atoms with Gasteiger partial charge in [-0.05, 0) is 27.7 Å². The van der Waals surface area contributed by atoms with E-state index in [4.69, 9.17) is 18.5 Å². The zero-order valence-corrected chi connectivity index (χ0v) is 16.9. The number of esters is 2. The van der Waals surface area contributed by atoms with E-state index in [1.807, 2.05) is 47.3 Å². The van der Waals surface area contributed by atoms with Gasteiger partial charge in [-0.25, -0.2) is 9.59 Å². The summed E-state index contributed by atoms with van der Waals surface area (Å²) in [5.74, 6) is -1.49. The second-order valence-corrected chi connectivity index (χ2v) is 18.5. The molecule has 0 amide bonds. The molecule has 0 heterocycles. The van der Waals surface area contributed by atoms with Crippen LogP contribution in [0.2, 0.25) is 19.6 Å². The third-order valence-corrected chi connectivity index (χ3v) is 13.4. The van der Waals surface area contributed by atoms with Crippen molar-refractivity contribution < 1.29 is 28.1 Å². The highest BCUT2D eigenvalue weighted by molar-refractivity contribution is 8.02. The van der Waals surface area contributed by atoms with E-state index in [0.717, 1.165) is 0 Å². The van der Waals surface area contributed by atoms with E-state index in [-0.39, 0.29) is 17.5 Å². The monoisotopic (exact) mass is 352 g/mol. The van der Waals surface area contributed by atoms with Crippen molar-refractivity contribution in [1.29, 1.82) is 0 Å². The minimum absolute atomic E-state index is 0.126. The van der Waals surface area contributed by atoms with Crippen LogP contribution in [0.4, 0.5) is 0 Å². The fourth-order valence-corrected chi connectivity index (χ4v) is 11.0. The summed E-state index contributed by atoms with van der Waals surface area (Å²) in [5.41, 5.74) is 0. The first-order valence-electron chi connectivity index (χ1n) is 7.23. The van der Waals surface area contributed by atoms with Crippen molar-refractivity contribution in [2.24, 2.45) is 0 Å². The summed E-state index contributed by atoms with van der Waals surface area (Å²) in [6.07, 6.45) is -0.411. The molecule has 0 aromatic rings. The number of carbonyl (C=O) groups is 2. The first kappa shape index (κ1) is 21.4. The molecule has 0 unspecified atom stereocenters. The van der Waals surface area contributed by atoms with E-state index in [0.29, 0.717) is 0 Å². The predicted molar refractivity (Wildman–Crippen MR) is 91.7 cm³/mol. The van der Waals surface area contributed by atoms with E-state index >= 15 is 0 Å². The molecule has 22 heavy (non-hydrogen) atoms. The Labute approximate surface area is 134 Å². The molecule has 0 aliphatic carbocycles. The Morgan fingerprint density at radius 2 is 1.14 bits per heavy atom. The summed E-state index contributed by atoms with van der Waals surface area (Å²) in [7, 11) is 0.206. The van der Waals surface area contributed by atoms with Crippen molar-refractivity contribution in [3.8, 4) is 0 Å². The highest BCUT2D eigenvalue weighted by Gasteiger charge is 2.47. The van der Waals surface area contributed by atoms with Crippen LogP contribution in [0.25, 0.3) is 0 Å². The molecule has 0 fully saturated rings. The van der Waals surface area contributed by atoms with Crippen molar-refractivity contribution in [2.75, 3.05) is 14.2 Å². The quantitative estimate of drug-likeness (QED) is 0.303. The predicted octanol–water partition coefficient (Wildman–Crippen LogP) is 3.04. The van der Waals surface area contributed by atoms with Crippen LogP contribution < -0.4 is 0 Å². The molecule has 0 bridgehead atoms. The van der Waals surface area contributed by atoms with Gasteiger partial charge in [0.2, 0.25) is 0 Å². The molecular formula is C14H29O6PSi. The van der Waals surface area contributed by atoms with Gasteiger partial charge in [-0.2, -0.15) is 0 Å². The minimum Gasteiger partial charge on any atom is -0.465 e. The van der Waals surface area contributed by atoms with Gasteiger partial charge in [0.1, 0.15) is 14.6 Å². The van der Waals surface area contributed by atoms with Gasteiger partial charge in [-0.1, -0.05) is 19.6 Å². The molecule has 0 saturated carbocycles. The summed E-state index contributed by atoms with van der Waals surface area (Å²) < 4.78 is 21.9.